The highest BCUT2D eigenvalue weighted by molar-refractivity contribution is 5.87. The summed E-state index contributed by atoms with van der Waals surface area (Å²) in [7, 11) is 1.29. The number of nitrogens with one attached hydrogen (secondary N) is 1. The van der Waals surface area contributed by atoms with Gasteiger partial charge in [0.05, 0.1) is 12.8 Å². The second kappa shape index (κ2) is 5.43. The zero-order valence-corrected chi connectivity index (χ0v) is 8.73. The van der Waals surface area contributed by atoms with E-state index >= 15 is 0 Å². The SMILES string of the molecule is CCNC(O)c1cccc(C(=O)OC)n1. The normalized spacial score (nSPS) is 12.2. The quantitative estimate of drug-likeness (QED) is 0.558. The molecule has 0 saturated carbocycles. The number of carbonyl (C=O) groups excluding carboxylic acids is 1. The predicted molar refractivity (Wildman–Crippen MR) is 54.2 cm³/mol. The van der Waals surface area contributed by atoms with Crippen molar-refractivity contribution < 1.29 is 14.6 Å². The number of aliphatic hydroxyl groups excluding tert-OH is 1. The molecule has 1 aromatic rings. The Balaban J connectivity index is 2.87. The monoisotopic (exact) mass is 210 g/mol. The van der Waals surface area contributed by atoms with E-state index in [0.717, 1.165) is 0 Å². The first kappa shape index (κ1) is 11.6. The van der Waals surface area contributed by atoms with Gasteiger partial charge in [-0.25, -0.2) is 9.78 Å². The van der Waals surface area contributed by atoms with Gasteiger partial charge in [0, 0.05) is 0 Å². The Morgan fingerprint density at radius 3 is 3.00 bits per heavy atom. The van der Waals surface area contributed by atoms with Crippen molar-refractivity contribution in [3.05, 3.63) is 29.6 Å². The van der Waals surface area contributed by atoms with Gasteiger partial charge in [0.25, 0.3) is 0 Å². The average molecular weight is 210 g/mol. The lowest BCUT2D eigenvalue weighted by molar-refractivity contribution is 0.0592. The third-order valence-corrected chi connectivity index (χ3v) is 1.84. The molecule has 1 heterocycles. The van der Waals surface area contributed by atoms with Gasteiger partial charge < -0.3 is 9.84 Å². The molecule has 0 saturated heterocycles. The predicted octanol–water partition coefficient (Wildman–Crippen LogP) is 0.469. The number of carbonyl (C=O) groups is 1. The van der Waals surface area contributed by atoms with Gasteiger partial charge in [0.2, 0.25) is 0 Å². The Kier molecular flexibility index (Phi) is 4.20. The first-order valence-corrected chi connectivity index (χ1v) is 4.65. The fourth-order valence-corrected chi connectivity index (χ4v) is 1.12. The van der Waals surface area contributed by atoms with Crippen LogP contribution in [0.3, 0.4) is 0 Å². The van der Waals surface area contributed by atoms with Crippen LogP contribution in [0.15, 0.2) is 18.2 Å². The van der Waals surface area contributed by atoms with E-state index in [-0.39, 0.29) is 5.69 Å². The number of nitrogens with zero attached hydrogens (tertiary/aromatic N) is 1. The maximum Gasteiger partial charge on any atom is 0.356 e. The molecule has 5 heteroatoms. The molecule has 0 aromatic carbocycles. The summed E-state index contributed by atoms with van der Waals surface area (Å²) in [6.07, 6.45) is -0.861. The van der Waals surface area contributed by atoms with Crippen LogP contribution < -0.4 is 5.32 Å². The molecule has 0 aliphatic carbocycles. The average Bonchev–Trinajstić information content (AvgIpc) is 2.28. The van der Waals surface area contributed by atoms with Crippen LogP contribution >= 0.6 is 0 Å². The number of pyridine rings is 1. The summed E-state index contributed by atoms with van der Waals surface area (Å²) >= 11 is 0. The number of hydrogen-bond donors (Lipinski definition) is 2. The van der Waals surface area contributed by atoms with Gasteiger partial charge in [-0.3, -0.25) is 5.32 Å². The molecule has 82 valence electrons. The van der Waals surface area contributed by atoms with Crippen molar-refractivity contribution in [1.29, 1.82) is 0 Å². The van der Waals surface area contributed by atoms with E-state index in [2.05, 4.69) is 15.0 Å². The highest BCUT2D eigenvalue weighted by atomic mass is 16.5. The highest BCUT2D eigenvalue weighted by Gasteiger charge is 2.11. The molecule has 5 nitrogen and oxygen atoms in total. The summed E-state index contributed by atoms with van der Waals surface area (Å²) in [5, 5.41) is 12.4. The number of aromatic nitrogens is 1. The van der Waals surface area contributed by atoms with E-state index in [1.807, 2.05) is 6.92 Å². The van der Waals surface area contributed by atoms with Crippen molar-refractivity contribution in [3.63, 3.8) is 0 Å². The van der Waals surface area contributed by atoms with Crippen LogP contribution in [0.25, 0.3) is 0 Å². The van der Waals surface area contributed by atoms with Crippen LogP contribution in [0.2, 0.25) is 0 Å². The van der Waals surface area contributed by atoms with E-state index in [4.69, 9.17) is 0 Å². The summed E-state index contributed by atoms with van der Waals surface area (Å²) in [4.78, 5) is 15.1. The van der Waals surface area contributed by atoms with Crippen molar-refractivity contribution in [3.8, 4) is 0 Å². The van der Waals surface area contributed by atoms with Crippen molar-refractivity contribution >= 4 is 5.97 Å². The molecule has 0 amide bonds. The smallest absolute Gasteiger partial charge is 0.356 e. The van der Waals surface area contributed by atoms with Gasteiger partial charge in [-0.1, -0.05) is 13.0 Å². The minimum Gasteiger partial charge on any atom is -0.464 e. The van der Waals surface area contributed by atoms with Gasteiger partial charge in [0.1, 0.15) is 11.9 Å². The molecule has 1 unspecified atom stereocenters. The standard InChI is InChI=1S/C10H14N2O3/c1-3-11-9(13)7-5-4-6-8(12-7)10(14)15-2/h4-6,9,11,13H,3H2,1-2H3. The zero-order chi connectivity index (χ0) is 11.3. The molecular formula is C10H14N2O3. The molecule has 15 heavy (non-hydrogen) atoms. The third kappa shape index (κ3) is 3.00. The van der Waals surface area contributed by atoms with Crippen molar-refractivity contribution in [1.82, 2.24) is 10.3 Å². The lowest BCUT2D eigenvalue weighted by atomic mass is 10.2. The van der Waals surface area contributed by atoms with E-state index in [0.29, 0.717) is 12.2 Å². The van der Waals surface area contributed by atoms with Crippen LogP contribution in [0, 0.1) is 0 Å². The molecule has 0 spiro atoms. The number of hydrogen-bond acceptors (Lipinski definition) is 5. The number of ether oxygens (including phenoxy) is 1. The molecule has 0 bridgehead atoms. The number of rotatable bonds is 4. The molecule has 1 atom stereocenters. The Morgan fingerprint density at radius 2 is 2.40 bits per heavy atom. The van der Waals surface area contributed by atoms with Gasteiger partial charge in [-0.2, -0.15) is 0 Å². The fourth-order valence-electron chi connectivity index (χ4n) is 1.12. The van der Waals surface area contributed by atoms with Crippen LogP contribution in [-0.2, 0) is 4.74 Å². The van der Waals surface area contributed by atoms with E-state index < -0.39 is 12.2 Å². The van der Waals surface area contributed by atoms with Crippen molar-refractivity contribution in [2.45, 2.75) is 13.2 Å². The molecular weight excluding hydrogens is 196 g/mol. The van der Waals surface area contributed by atoms with Crippen LogP contribution in [0.4, 0.5) is 0 Å². The van der Waals surface area contributed by atoms with Crippen molar-refractivity contribution in [2.75, 3.05) is 13.7 Å². The zero-order valence-electron chi connectivity index (χ0n) is 8.73. The number of esters is 1. The third-order valence-electron chi connectivity index (χ3n) is 1.84. The summed E-state index contributed by atoms with van der Waals surface area (Å²) in [6.45, 7) is 2.48. The topological polar surface area (TPSA) is 71.5 Å². The summed E-state index contributed by atoms with van der Waals surface area (Å²) < 4.78 is 4.53. The second-order valence-electron chi connectivity index (χ2n) is 2.90. The summed E-state index contributed by atoms with van der Waals surface area (Å²) in [5.41, 5.74) is 0.590. The van der Waals surface area contributed by atoms with Crippen LogP contribution in [0.5, 0.6) is 0 Å². The minimum atomic E-state index is -0.861. The Labute approximate surface area is 88.1 Å². The highest BCUT2D eigenvalue weighted by Crippen LogP contribution is 2.08. The maximum absolute atomic E-state index is 11.2. The van der Waals surface area contributed by atoms with Gasteiger partial charge in [0.15, 0.2) is 0 Å². The summed E-state index contributed by atoms with van der Waals surface area (Å²) in [5.74, 6) is -0.513. The Morgan fingerprint density at radius 1 is 1.67 bits per heavy atom. The molecule has 0 aliphatic heterocycles. The van der Waals surface area contributed by atoms with Gasteiger partial charge in [-0.05, 0) is 18.7 Å². The van der Waals surface area contributed by atoms with E-state index in [9.17, 15) is 9.90 Å². The molecule has 1 rings (SSSR count). The second-order valence-corrected chi connectivity index (χ2v) is 2.90. The first-order chi connectivity index (χ1) is 7.19. The van der Waals surface area contributed by atoms with E-state index in [1.165, 1.54) is 13.2 Å². The van der Waals surface area contributed by atoms with Crippen LogP contribution in [0.1, 0.15) is 29.3 Å². The first-order valence-electron chi connectivity index (χ1n) is 4.65. The number of aliphatic hydroxyl groups is 1. The fraction of sp³-hybridized carbons (Fsp3) is 0.400. The largest absolute Gasteiger partial charge is 0.464 e. The van der Waals surface area contributed by atoms with E-state index in [1.54, 1.807) is 12.1 Å². The lowest BCUT2D eigenvalue weighted by Crippen LogP contribution is -2.22. The molecule has 0 radical (unpaired) electrons. The lowest BCUT2D eigenvalue weighted by Gasteiger charge is -2.10. The Hall–Kier alpha value is -1.46. The Bertz CT molecular complexity index is 341. The molecule has 0 aliphatic rings. The minimum absolute atomic E-state index is 0.187. The summed E-state index contributed by atoms with van der Waals surface area (Å²) in [6, 6.07) is 4.82. The molecule has 1 aromatic heterocycles. The molecule has 0 fully saturated rings. The van der Waals surface area contributed by atoms with Crippen molar-refractivity contribution in [2.24, 2.45) is 0 Å². The molecule has 2 N–H and O–H groups in total. The number of methoxy groups -OCH3 is 1. The van der Waals surface area contributed by atoms with Gasteiger partial charge >= 0.3 is 5.97 Å². The maximum atomic E-state index is 11.2. The van der Waals surface area contributed by atoms with Crippen LogP contribution in [-0.4, -0.2) is 29.7 Å². The van der Waals surface area contributed by atoms with Gasteiger partial charge in [-0.15, -0.1) is 0 Å².